The van der Waals surface area contributed by atoms with Crippen molar-refractivity contribution >= 4 is 0 Å². The summed E-state index contributed by atoms with van der Waals surface area (Å²) in [5, 5.41) is 9.59. The van der Waals surface area contributed by atoms with Gasteiger partial charge >= 0.3 is 0 Å². The molecule has 2 aromatic heterocycles. The smallest absolute Gasteiger partial charge is 0.0998 e. The number of nitriles is 1. The highest BCUT2D eigenvalue weighted by Gasteiger charge is 2.17. The fraction of sp³-hybridized carbons (Fsp3) is 0.0870. The van der Waals surface area contributed by atoms with Gasteiger partial charge in [-0.05, 0) is 18.2 Å². The van der Waals surface area contributed by atoms with Crippen LogP contribution in [0.3, 0.4) is 0 Å². The van der Waals surface area contributed by atoms with Crippen molar-refractivity contribution in [2.75, 3.05) is 0 Å². The van der Waals surface area contributed by atoms with Crippen molar-refractivity contribution in [2.45, 2.75) is 13.0 Å². The van der Waals surface area contributed by atoms with Gasteiger partial charge in [-0.25, -0.2) is 4.98 Å². The molecule has 2 aromatic carbocycles. The molecule has 0 bridgehead atoms. The van der Waals surface area contributed by atoms with Crippen molar-refractivity contribution in [3.8, 4) is 28.6 Å². The van der Waals surface area contributed by atoms with Crippen LogP contribution in [-0.2, 0) is 13.0 Å². The van der Waals surface area contributed by atoms with E-state index >= 15 is 0 Å². The molecule has 2 heterocycles. The van der Waals surface area contributed by atoms with E-state index in [1.54, 1.807) is 0 Å². The van der Waals surface area contributed by atoms with Crippen LogP contribution in [0.5, 0.6) is 0 Å². The van der Waals surface area contributed by atoms with E-state index in [-0.39, 0.29) is 0 Å². The SMILES string of the molecule is N#Cc1ccccc1-c1c(-c2ccccc2)ncn1CCc1ccccn1. The van der Waals surface area contributed by atoms with E-state index in [0.29, 0.717) is 5.56 Å². The van der Waals surface area contributed by atoms with E-state index in [1.165, 1.54) is 0 Å². The van der Waals surface area contributed by atoms with Crippen LogP contribution in [-0.4, -0.2) is 14.5 Å². The Balaban J connectivity index is 1.80. The monoisotopic (exact) mass is 350 g/mol. The Morgan fingerprint density at radius 3 is 2.41 bits per heavy atom. The van der Waals surface area contributed by atoms with E-state index in [9.17, 15) is 5.26 Å². The molecule has 0 unspecified atom stereocenters. The Kier molecular flexibility index (Phi) is 4.76. The van der Waals surface area contributed by atoms with Crippen molar-refractivity contribution in [1.82, 2.24) is 14.5 Å². The van der Waals surface area contributed by atoms with E-state index in [1.807, 2.05) is 85.3 Å². The van der Waals surface area contributed by atoms with Gasteiger partial charge in [0.05, 0.1) is 29.3 Å². The number of aromatic nitrogens is 3. The zero-order valence-electron chi connectivity index (χ0n) is 14.8. The zero-order chi connectivity index (χ0) is 18.5. The summed E-state index contributed by atoms with van der Waals surface area (Å²) in [6.07, 6.45) is 4.46. The average Bonchev–Trinajstić information content (AvgIpc) is 3.17. The summed E-state index contributed by atoms with van der Waals surface area (Å²) in [4.78, 5) is 9.09. The Morgan fingerprint density at radius 2 is 1.63 bits per heavy atom. The van der Waals surface area contributed by atoms with E-state index in [0.717, 1.165) is 41.2 Å². The van der Waals surface area contributed by atoms with Gasteiger partial charge in [0.2, 0.25) is 0 Å². The molecule has 0 saturated carbocycles. The first-order valence-corrected chi connectivity index (χ1v) is 8.87. The first kappa shape index (κ1) is 16.7. The number of aryl methyl sites for hydroxylation is 2. The van der Waals surface area contributed by atoms with Crippen LogP contribution >= 0.6 is 0 Å². The van der Waals surface area contributed by atoms with Crippen LogP contribution < -0.4 is 0 Å². The Labute approximate surface area is 158 Å². The quantitative estimate of drug-likeness (QED) is 0.523. The van der Waals surface area contributed by atoms with Crippen molar-refractivity contribution in [3.63, 3.8) is 0 Å². The fourth-order valence-corrected chi connectivity index (χ4v) is 3.21. The molecular formula is C23H18N4. The highest BCUT2D eigenvalue weighted by Crippen LogP contribution is 2.33. The van der Waals surface area contributed by atoms with Gasteiger partial charge in [-0.2, -0.15) is 5.26 Å². The highest BCUT2D eigenvalue weighted by molar-refractivity contribution is 5.81. The predicted octanol–water partition coefficient (Wildman–Crippen LogP) is 4.73. The van der Waals surface area contributed by atoms with Crippen LogP contribution in [0.2, 0.25) is 0 Å². The minimum Gasteiger partial charge on any atom is -0.330 e. The van der Waals surface area contributed by atoms with Crippen molar-refractivity contribution in [1.29, 1.82) is 5.26 Å². The van der Waals surface area contributed by atoms with Gasteiger partial charge in [0, 0.05) is 36.0 Å². The predicted molar refractivity (Wildman–Crippen MR) is 106 cm³/mol. The second-order valence-electron chi connectivity index (χ2n) is 6.23. The maximum Gasteiger partial charge on any atom is 0.0998 e. The summed E-state index contributed by atoms with van der Waals surface area (Å²) in [6, 6.07) is 26.0. The molecule has 0 radical (unpaired) electrons. The first-order valence-electron chi connectivity index (χ1n) is 8.87. The average molecular weight is 350 g/mol. The number of hydrogen-bond acceptors (Lipinski definition) is 3. The van der Waals surface area contributed by atoms with Gasteiger partial charge in [-0.15, -0.1) is 0 Å². The third-order valence-electron chi connectivity index (χ3n) is 4.52. The molecule has 0 aliphatic rings. The van der Waals surface area contributed by atoms with Gasteiger partial charge in [0.1, 0.15) is 0 Å². The number of rotatable bonds is 5. The van der Waals surface area contributed by atoms with Gasteiger partial charge < -0.3 is 4.57 Å². The Hall–Kier alpha value is -3.71. The summed E-state index contributed by atoms with van der Waals surface area (Å²) in [6.45, 7) is 0.742. The molecule has 4 aromatic rings. The first-order chi connectivity index (χ1) is 13.4. The topological polar surface area (TPSA) is 54.5 Å². The van der Waals surface area contributed by atoms with Crippen molar-refractivity contribution < 1.29 is 0 Å². The van der Waals surface area contributed by atoms with E-state index in [2.05, 4.69) is 20.6 Å². The van der Waals surface area contributed by atoms with Gasteiger partial charge in [-0.3, -0.25) is 4.98 Å². The lowest BCUT2D eigenvalue weighted by atomic mass is 10.0. The van der Waals surface area contributed by atoms with Crippen molar-refractivity contribution in [2.24, 2.45) is 0 Å². The second kappa shape index (κ2) is 7.67. The normalized spacial score (nSPS) is 10.5. The van der Waals surface area contributed by atoms with Crippen LogP contribution in [0.25, 0.3) is 22.5 Å². The van der Waals surface area contributed by atoms with Gasteiger partial charge in [-0.1, -0.05) is 54.6 Å². The number of benzene rings is 2. The summed E-state index contributed by atoms with van der Waals surface area (Å²) in [7, 11) is 0. The second-order valence-corrected chi connectivity index (χ2v) is 6.23. The molecule has 0 spiro atoms. The largest absolute Gasteiger partial charge is 0.330 e. The van der Waals surface area contributed by atoms with Crippen molar-refractivity contribution in [3.05, 3.63) is 96.6 Å². The number of nitrogens with zero attached hydrogens (tertiary/aromatic N) is 4. The van der Waals surface area contributed by atoms with Gasteiger partial charge in [0.15, 0.2) is 0 Å². The molecule has 0 saturated heterocycles. The minimum absolute atomic E-state index is 0.647. The van der Waals surface area contributed by atoms with Crippen LogP contribution in [0, 0.1) is 11.3 Å². The van der Waals surface area contributed by atoms with Gasteiger partial charge in [0.25, 0.3) is 0 Å². The Morgan fingerprint density at radius 1 is 0.852 bits per heavy atom. The number of imidazole rings is 1. The summed E-state index contributed by atoms with van der Waals surface area (Å²) < 4.78 is 2.12. The zero-order valence-corrected chi connectivity index (χ0v) is 14.8. The highest BCUT2D eigenvalue weighted by atomic mass is 15.1. The lowest BCUT2D eigenvalue weighted by Crippen LogP contribution is -2.04. The standard InChI is InChI=1S/C23H18N4/c24-16-19-10-4-5-12-21(19)23-22(18-8-2-1-3-9-18)26-17-27(23)15-13-20-11-6-7-14-25-20/h1-12,14,17H,13,15H2. The Bertz CT molecular complexity index is 1080. The molecule has 0 amide bonds. The molecular weight excluding hydrogens is 332 g/mol. The lowest BCUT2D eigenvalue weighted by molar-refractivity contribution is 0.690. The third kappa shape index (κ3) is 3.49. The molecule has 0 aliphatic heterocycles. The molecule has 0 N–H and O–H groups in total. The van der Waals surface area contributed by atoms with Crippen LogP contribution in [0.15, 0.2) is 85.3 Å². The molecule has 0 aliphatic carbocycles. The van der Waals surface area contributed by atoms with E-state index < -0.39 is 0 Å². The lowest BCUT2D eigenvalue weighted by Gasteiger charge is -2.12. The summed E-state index contributed by atoms with van der Waals surface area (Å²) >= 11 is 0. The maximum absolute atomic E-state index is 9.59. The fourth-order valence-electron chi connectivity index (χ4n) is 3.21. The molecule has 4 rings (SSSR count). The molecule has 4 nitrogen and oxygen atoms in total. The number of pyridine rings is 1. The summed E-state index contributed by atoms with van der Waals surface area (Å²) in [5.74, 6) is 0. The van der Waals surface area contributed by atoms with E-state index in [4.69, 9.17) is 0 Å². The number of hydrogen-bond donors (Lipinski definition) is 0. The molecule has 0 fully saturated rings. The minimum atomic E-state index is 0.647. The molecule has 130 valence electrons. The summed E-state index contributed by atoms with van der Waals surface area (Å²) in [5.41, 5.74) is 5.48. The molecule has 27 heavy (non-hydrogen) atoms. The third-order valence-corrected chi connectivity index (χ3v) is 4.52. The molecule has 4 heteroatoms. The molecule has 0 atom stereocenters. The maximum atomic E-state index is 9.59. The van der Waals surface area contributed by atoms with Crippen LogP contribution in [0.4, 0.5) is 0 Å². The van der Waals surface area contributed by atoms with Crippen LogP contribution in [0.1, 0.15) is 11.3 Å².